The molecule has 0 aromatic rings. The molecular weight excluding hydrogens is 240 g/mol. The molecule has 0 aromatic carbocycles. The normalized spacial score (nSPS) is 31.4. The summed E-state index contributed by atoms with van der Waals surface area (Å²) in [6.07, 6.45) is 6.17. The number of amides is 1. The van der Waals surface area contributed by atoms with Crippen LogP contribution in [0.3, 0.4) is 0 Å². The van der Waals surface area contributed by atoms with Crippen LogP contribution in [0, 0.1) is 11.8 Å². The quantitative estimate of drug-likeness (QED) is 0.809. The van der Waals surface area contributed by atoms with Crippen LogP contribution in [0.15, 0.2) is 0 Å². The van der Waals surface area contributed by atoms with E-state index in [1.54, 1.807) is 0 Å². The highest BCUT2D eigenvalue weighted by molar-refractivity contribution is 5.67. The number of carbonyl (C=O) groups excluding carboxylic acids is 1. The van der Waals surface area contributed by atoms with Gasteiger partial charge in [-0.1, -0.05) is 12.8 Å². The average Bonchev–Trinajstić information content (AvgIpc) is 2.34. The topological polar surface area (TPSA) is 50.4 Å². The van der Waals surface area contributed by atoms with Gasteiger partial charge in [-0.05, 0) is 58.4 Å². The fourth-order valence-corrected chi connectivity index (χ4v) is 3.43. The van der Waals surface area contributed by atoms with E-state index in [-0.39, 0.29) is 6.09 Å². The highest BCUT2D eigenvalue weighted by Gasteiger charge is 2.34. The molecule has 0 bridgehead atoms. The third kappa shape index (κ3) is 4.37. The molecule has 110 valence electrons. The van der Waals surface area contributed by atoms with Gasteiger partial charge < -0.3 is 15.4 Å². The molecule has 2 N–H and O–H groups in total. The maximum absolute atomic E-state index is 11.7. The molecule has 3 unspecified atom stereocenters. The molecule has 2 aliphatic rings. The summed E-state index contributed by atoms with van der Waals surface area (Å²) in [5.74, 6) is 1.34. The minimum atomic E-state index is -0.411. The monoisotopic (exact) mass is 268 g/mol. The number of piperidine rings is 1. The Morgan fingerprint density at radius 3 is 2.74 bits per heavy atom. The Morgan fingerprint density at radius 1 is 1.26 bits per heavy atom. The van der Waals surface area contributed by atoms with Gasteiger partial charge >= 0.3 is 6.09 Å². The number of rotatable bonds is 2. The van der Waals surface area contributed by atoms with E-state index in [0.717, 1.165) is 25.4 Å². The number of alkyl carbamates (subject to hydrolysis) is 1. The van der Waals surface area contributed by atoms with E-state index in [0.29, 0.717) is 12.0 Å². The number of nitrogens with one attached hydrogen (secondary N) is 2. The zero-order chi connectivity index (χ0) is 13.9. The molecule has 2 rings (SSSR count). The van der Waals surface area contributed by atoms with Gasteiger partial charge in [0.1, 0.15) is 5.60 Å². The molecule has 1 amide bonds. The van der Waals surface area contributed by atoms with Crippen molar-refractivity contribution in [2.75, 3.05) is 13.1 Å². The van der Waals surface area contributed by atoms with Crippen LogP contribution in [-0.2, 0) is 4.74 Å². The Bertz CT molecular complexity index is 310. The lowest BCUT2D eigenvalue weighted by Crippen LogP contribution is -2.50. The van der Waals surface area contributed by atoms with E-state index < -0.39 is 5.60 Å². The van der Waals surface area contributed by atoms with E-state index in [2.05, 4.69) is 10.6 Å². The van der Waals surface area contributed by atoms with Gasteiger partial charge in [0.05, 0.1) is 0 Å². The lowest BCUT2D eigenvalue weighted by atomic mass is 9.73. The molecule has 0 radical (unpaired) electrons. The van der Waals surface area contributed by atoms with Crippen molar-refractivity contribution in [1.29, 1.82) is 0 Å². The zero-order valence-electron chi connectivity index (χ0n) is 12.5. The molecular formula is C15H28N2O2. The number of hydrogen-bond acceptors (Lipinski definition) is 3. The van der Waals surface area contributed by atoms with Crippen LogP contribution in [0.5, 0.6) is 0 Å². The predicted octanol–water partition coefficient (Wildman–Crippen LogP) is 2.68. The Balaban J connectivity index is 1.79. The second kappa shape index (κ2) is 6.12. The fraction of sp³-hybridized carbons (Fsp3) is 0.933. The van der Waals surface area contributed by atoms with Crippen LogP contribution in [0.2, 0.25) is 0 Å². The van der Waals surface area contributed by atoms with E-state index >= 15 is 0 Å². The number of hydrogen-bond donors (Lipinski definition) is 2. The van der Waals surface area contributed by atoms with Gasteiger partial charge in [-0.15, -0.1) is 0 Å². The lowest BCUT2D eigenvalue weighted by molar-refractivity contribution is 0.0492. The van der Waals surface area contributed by atoms with Crippen molar-refractivity contribution in [3.05, 3.63) is 0 Å². The Kier molecular flexibility index (Phi) is 4.71. The van der Waals surface area contributed by atoms with E-state index in [1.807, 2.05) is 20.8 Å². The molecule has 4 nitrogen and oxygen atoms in total. The van der Waals surface area contributed by atoms with E-state index in [1.165, 1.54) is 25.7 Å². The molecule has 3 atom stereocenters. The summed E-state index contributed by atoms with van der Waals surface area (Å²) in [4.78, 5) is 11.7. The van der Waals surface area contributed by atoms with Gasteiger partial charge in [0.15, 0.2) is 0 Å². The van der Waals surface area contributed by atoms with Gasteiger partial charge in [0.2, 0.25) is 0 Å². The van der Waals surface area contributed by atoms with Crippen LogP contribution < -0.4 is 10.6 Å². The van der Waals surface area contributed by atoms with Gasteiger partial charge in [-0.2, -0.15) is 0 Å². The minimum absolute atomic E-state index is 0.279. The Hall–Kier alpha value is -0.770. The largest absolute Gasteiger partial charge is 0.444 e. The van der Waals surface area contributed by atoms with Crippen molar-refractivity contribution in [3.63, 3.8) is 0 Å². The van der Waals surface area contributed by atoms with Crippen LogP contribution in [0.25, 0.3) is 0 Å². The summed E-state index contributed by atoms with van der Waals surface area (Å²) >= 11 is 0. The van der Waals surface area contributed by atoms with Crippen molar-refractivity contribution in [2.24, 2.45) is 11.8 Å². The molecule has 1 saturated heterocycles. The molecule has 2 fully saturated rings. The first-order valence-corrected chi connectivity index (χ1v) is 7.66. The molecule has 0 aromatic heterocycles. The summed E-state index contributed by atoms with van der Waals surface area (Å²) in [5, 5.41) is 6.59. The summed E-state index contributed by atoms with van der Waals surface area (Å²) in [6, 6.07) is 0.674. The van der Waals surface area contributed by atoms with Crippen LogP contribution in [0.4, 0.5) is 4.79 Å². The maximum Gasteiger partial charge on any atom is 0.407 e. The third-order valence-electron chi connectivity index (χ3n) is 4.25. The molecule has 1 aliphatic carbocycles. The molecule has 0 spiro atoms. The first-order chi connectivity index (χ1) is 8.96. The first kappa shape index (κ1) is 14.6. The highest BCUT2D eigenvalue weighted by atomic mass is 16.6. The van der Waals surface area contributed by atoms with Crippen molar-refractivity contribution in [3.8, 4) is 0 Å². The third-order valence-corrected chi connectivity index (χ3v) is 4.25. The Morgan fingerprint density at radius 2 is 2.00 bits per heavy atom. The molecule has 1 saturated carbocycles. The van der Waals surface area contributed by atoms with Crippen LogP contribution in [-0.4, -0.2) is 30.8 Å². The van der Waals surface area contributed by atoms with Crippen molar-refractivity contribution < 1.29 is 9.53 Å². The van der Waals surface area contributed by atoms with Crippen LogP contribution in [0.1, 0.15) is 52.9 Å². The van der Waals surface area contributed by atoms with Gasteiger partial charge in [-0.25, -0.2) is 4.79 Å². The van der Waals surface area contributed by atoms with Crippen molar-refractivity contribution in [2.45, 2.75) is 64.5 Å². The zero-order valence-corrected chi connectivity index (χ0v) is 12.5. The second-order valence-electron chi connectivity index (χ2n) is 6.94. The molecule has 1 heterocycles. The maximum atomic E-state index is 11.7. The number of fused-ring (bicyclic) bond motifs is 1. The second-order valence-corrected chi connectivity index (χ2v) is 6.94. The van der Waals surface area contributed by atoms with E-state index in [9.17, 15) is 4.79 Å². The first-order valence-electron chi connectivity index (χ1n) is 7.66. The SMILES string of the molecule is CC(C)(C)OC(=O)NCC1CCNC2CCCCC12. The lowest BCUT2D eigenvalue weighted by Gasteiger charge is -2.42. The van der Waals surface area contributed by atoms with Crippen molar-refractivity contribution in [1.82, 2.24) is 10.6 Å². The fourth-order valence-electron chi connectivity index (χ4n) is 3.43. The molecule has 4 heteroatoms. The summed E-state index contributed by atoms with van der Waals surface area (Å²) in [5.41, 5.74) is -0.411. The van der Waals surface area contributed by atoms with Gasteiger partial charge in [-0.3, -0.25) is 0 Å². The van der Waals surface area contributed by atoms with Gasteiger partial charge in [0, 0.05) is 12.6 Å². The Labute approximate surface area is 116 Å². The standard InChI is InChI=1S/C15H28N2O2/c1-15(2,3)19-14(18)17-10-11-8-9-16-13-7-5-4-6-12(11)13/h11-13,16H,4-10H2,1-3H3,(H,17,18). The highest BCUT2D eigenvalue weighted by Crippen LogP contribution is 2.34. The summed E-state index contributed by atoms with van der Waals surface area (Å²) in [7, 11) is 0. The number of ether oxygens (including phenoxy) is 1. The van der Waals surface area contributed by atoms with E-state index in [4.69, 9.17) is 4.74 Å². The van der Waals surface area contributed by atoms with Crippen molar-refractivity contribution >= 4 is 6.09 Å². The molecule has 1 aliphatic heterocycles. The van der Waals surface area contributed by atoms with Crippen LogP contribution >= 0.6 is 0 Å². The van der Waals surface area contributed by atoms with Gasteiger partial charge in [0.25, 0.3) is 0 Å². The smallest absolute Gasteiger partial charge is 0.407 e. The molecule has 19 heavy (non-hydrogen) atoms. The average molecular weight is 268 g/mol. The predicted molar refractivity (Wildman–Crippen MR) is 76.1 cm³/mol. The summed E-state index contributed by atoms with van der Waals surface area (Å²) < 4.78 is 5.30. The minimum Gasteiger partial charge on any atom is -0.444 e. The summed E-state index contributed by atoms with van der Waals surface area (Å²) in [6.45, 7) is 7.54. The number of carbonyl (C=O) groups is 1.